The van der Waals surface area contributed by atoms with E-state index in [2.05, 4.69) is 6.58 Å². The van der Waals surface area contributed by atoms with Gasteiger partial charge in [0.2, 0.25) is 0 Å². The zero-order valence-corrected chi connectivity index (χ0v) is 20.9. The minimum absolute atomic E-state index is 0.196. The lowest BCUT2D eigenvalue weighted by atomic mass is 9.95. The molecule has 0 bridgehead atoms. The van der Waals surface area contributed by atoms with Gasteiger partial charge >= 0.3 is 5.97 Å². The van der Waals surface area contributed by atoms with Gasteiger partial charge in [-0.1, -0.05) is 60.7 Å². The molecule has 1 atom stereocenters. The first-order chi connectivity index (χ1) is 17.0. The quantitative estimate of drug-likeness (QED) is 0.356. The highest BCUT2D eigenvalue weighted by atomic mass is 32.1. The Bertz CT molecular complexity index is 1460. The Hall–Kier alpha value is -3.71. The third kappa shape index (κ3) is 4.77. The van der Waals surface area contributed by atoms with Gasteiger partial charge < -0.3 is 9.47 Å². The van der Waals surface area contributed by atoms with E-state index in [0.29, 0.717) is 40.1 Å². The van der Waals surface area contributed by atoms with E-state index in [1.54, 1.807) is 4.57 Å². The van der Waals surface area contributed by atoms with Gasteiger partial charge in [0.15, 0.2) is 4.80 Å². The summed E-state index contributed by atoms with van der Waals surface area (Å²) in [5.74, 6) is 0.333. The van der Waals surface area contributed by atoms with E-state index in [1.165, 1.54) is 18.4 Å². The van der Waals surface area contributed by atoms with Crippen LogP contribution in [-0.4, -0.2) is 24.3 Å². The summed E-state index contributed by atoms with van der Waals surface area (Å²) in [6.45, 7) is 8.30. The summed E-state index contributed by atoms with van der Waals surface area (Å²) in [5.41, 5.74) is 3.55. The minimum Gasteiger partial charge on any atom is -0.494 e. The number of esters is 1. The maximum absolute atomic E-state index is 13.7. The van der Waals surface area contributed by atoms with Gasteiger partial charge in [0.1, 0.15) is 5.75 Å². The predicted molar refractivity (Wildman–Crippen MR) is 138 cm³/mol. The van der Waals surface area contributed by atoms with Crippen molar-refractivity contribution in [3.63, 3.8) is 0 Å². The molecule has 0 spiro atoms. The molecule has 0 saturated heterocycles. The lowest BCUT2D eigenvalue weighted by Gasteiger charge is -2.25. The molecule has 1 aliphatic rings. The van der Waals surface area contributed by atoms with Crippen LogP contribution in [0, 0.1) is 0 Å². The number of carbonyl (C=O) groups is 1. The van der Waals surface area contributed by atoms with Crippen LogP contribution in [0.3, 0.4) is 0 Å². The van der Waals surface area contributed by atoms with Crippen molar-refractivity contribution in [2.75, 3.05) is 13.7 Å². The standard InChI is InChI=1S/C28H28N2O4S/c1-5-11-20-16-18(14-15-22(20)34-7-3)17-23-26(31)30-25(19-12-9-8-10-13-19)24(27(32)33-4)21(6-2)29-28(30)35-23/h5,8-10,12-17,25H,1,6-7,11H2,2-4H3/b23-17-/t25-/m0/s1. The SMILES string of the molecule is C=CCc1cc(/C=c2\sc3n(c2=O)[C@@H](c2ccccc2)C(C(=O)OC)=C(CC)N=3)ccc1OCC. The van der Waals surface area contributed by atoms with Crippen molar-refractivity contribution < 1.29 is 14.3 Å². The van der Waals surface area contributed by atoms with Gasteiger partial charge in [-0.25, -0.2) is 9.79 Å². The Morgan fingerprint density at radius 3 is 2.63 bits per heavy atom. The molecule has 4 rings (SSSR count). The van der Waals surface area contributed by atoms with Gasteiger partial charge in [-0.2, -0.15) is 0 Å². The molecule has 0 aliphatic carbocycles. The molecule has 180 valence electrons. The van der Waals surface area contributed by atoms with Crippen molar-refractivity contribution in [1.82, 2.24) is 4.57 Å². The summed E-state index contributed by atoms with van der Waals surface area (Å²) in [5, 5.41) is 0. The highest BCUT2D eigenvalue weighted by Gasteiger charge is 2.33. The summed E-state index contributed by atoms with van der Waals surface area (Å²) < 4.78 is 13.0. The van der Waals surface area contributed by atoms with Crippen molar-refractivity contribution in [1.29, 1.82) is 0 Å². The molecular weight excluding hydrogens is 460 g/mol. The molecular formula is C28H28N2O4S. The van der Waals surface area contributed by atoms with E-state index in [1.807, 2.05) is 74.5 Å². The number of allylic oxidation sites excluding steroid dienone is 2. The molecule has 0 radical (unpaired) electrons. The largest absolute Gasteiger partial charge is 0.494 e. The zero-order valence-electron chi connectivity index (χ0n) is 20.1. The number of ether oxygens (including phenoxy) is 2. The predicted octanol–water partition coefficient (Wildman–Crippen LogP) is 3.93. The van der Waals surface area contributed by atoms with Crippen LogP contribution in [-0.2, 0) is 16.0 Å². The first-order valence-corrected chi connectivity index (χ1v) is 12.4. The van der Waals surface area contributed by atoms with E-state index in [-0.39, 0.29) is 5.56 Å². The molecule has 0 unspecified atom stereocenters. The third-order valence-electron chi connectivity index (χ3n) is 5.81. The molecule has 2 aromatic carbocycles. The highest BCUT2D eigenvalue weighted by Crippen LogP contribution is 2.31. The van der Waals surface area contributed by atoms with Crippen molar-refractivity contribution in [2.45, 2.75) is 32.7 Å². The number of nitrogens with zero attached hydrogens (tertiary/aromatic N) is 2. The monoisotopic (exact) mass is 488 g/mol. The summed E-state index contributed by atoms with van der Waals surface area (Å²) in [6.07, 6.45) is 4.90. The summed E-state index contributed by atoms with van der Waals surface area (Å²) in [4.78, 5) is 31.8. The summed E-state index contributed by atoms with van der Waals surface area (Å²) in [7, 11) is 1.35. The van der Waals surface area contributed by atoms with Crippen molar-refractivity contribution in [3.05, 3.63) is 109 Å². The van der Waals surface area contributed by atoms with E-state index >= 15 is 0 Å². The summed E-state index contributed by atoms with van der Waals surface area (Å²) in [6, 6.07) is 14.8. The number of aromatic nitrogens is 1. The maximum Gasteiger partial charge on any atom is 0.338 e. The number of thiazole rings is 1. The van der Waals surface area contributed by atoms with E-state index in [9.17, 15) is 9.59 Å². The lowest BCUT2D eigenvalue weighted by Crippen LogP contribution is -2.40. The van der Waals surface area contributed by atoms with Gasteiger partial charge in [-0.15, -0.1) is 6.58 Å². The molecule has 0 N–H and O–H groups in total. The number of rotatable bonds is 8. The molecule has 1 aliphatic heterocycles. The number of hydrogen-bond acceptors (Lipinski definition) is 6. The van der Waals surface area contributed by atoms with Crippen LogP contribution in [0.5, 0.6) is 5.75 Å². The molecule has 0 fully saturated rings. The molecule has 0 saturated carbocycles. The Balaban J connectivity index is 1.92. The third-order valence-corrected chi connectivity index (χ3v) is 6.79. The minimum atomic E-state index is -0.603. The number of carbonyl (C=O) groups excluding carboxylic acids is 1. The molecule has 0 amide bonds. The normalized spacial score (nSPS) is 15.4. The van der Waals surface area contributed by atoms with E-state index in [4.69, 9.17) is 14.5 Å². The maximum atomic E-state index is 13.7. The van der Waals surface area contributed by atoms with Gasteiger partial charge in [-0.05, 0) is 54.7 Å². The Labute approximate surface area is 208 Å². The second-order valence-corrected chi connectivity index (χ2v) is 9.00. The number of fused-ring (bicyclic) bond motifs is 1. The van der Waals surface area contributed by atoms with Gasteiger partial charge in [0.25, 0.3) is 5.56 Å². The van der Waals surface area contributed by atoms with Crippen LogP contribution >= 0.6 is 11.3 Å². The number of hydrogen-bond donors (Lipinski definition) is 0. The van der Waals surface area contributed by atoms with Gasteiger partial charge in [-0.3, -0.25) is 9.36 Å². The Kier molecular flexibility index (Phi) is 7.46. The second-order valence-electron chi connectivity index (χ2n) is 7.99. The van der Waals surface area contributed by atoms with Crippen LogP contribution in [0.15, 0.2) is 82.2 Å². The fourth-order valence-corrected chi connectivity index (χ4v) is 5.29. The van der Waals surface area contributed by atoms with Crippen LogP contribution in [0.1, 0.15) is 43.0 Å². The molecule has 6 nitrogen and oxygen atoms in total. The zero-order chi connectivity index (χ0) is 24.9. The smallest absolute Gasteiger partial charge is 0.338 e. The average Bonchev–Trinajstić information content (AvgIpc) is 3.19. The number of benzene rings is 2. The van der Waals surface area contributed by atoms with Gasteiger partial charge in [0, 0.05) is 0 Å². The average molecular weight is 489 g/mol. The van der Waals surface area contributed by atoms with Crippen LogP contribution in [0.4, 0.5) is 0 Å². The van der Waals surface area contributed by atoms with E-state index < -0.39 is 12.0 Å². The Morgan fingerprint density at radius 1 is 1.20 bits per heavy atom. The van der Waals surface area contributed by atoms with Crippen LogP contribution < -0.4 is 19.6 Å². The molecule has 35 heavy (non-hydrogen) atoms. The second kappa shape index (κ2) is 10.7. The van der Waals surface area contributed by atoms with Crippen molar-refractivity contribution in [2.24, 2.45) is 4.99 Å². The highest BCUT2D eigenvalue weighted by molar-refractivity contribution is 7.07. The van der Waals surface area contributed by atoms with Crippen molar-refractivity contribution >= 4 is 23.4 Å². The summed E-state index contributed by atoms with van der Waals surface area (Å²) >= 11 is 1.32. The van der Waals surface area contributed by atoms with Crippen molar-refractivity contribution in [3.8, 4) is 5.75 Å². The number of methoxy groups -OCH3 is 1. The van der Waals surface area contributed by atoms with Crippen LogP contribution in [0.25, 0.3) is 6.08 Å². The fraction of sp³-hybridized carbons (Fsp3) is 0.250. The molecule has 1 aromatic heterocycles. The topological polar surface area (TPSA) is 69.9 Å². The van der Waals surface area contributed by atoms with E-state index in [0.717, 1.165) is 22.4 Å². The Morgan fingerprint density at radius 2 is 1.97 bits per heavy atom. The lowest BCUT2D eigenvalue weighted by molar-refractivity contribution is -0.136. The van der Waals surface area contributed by atoms with Crippen LogP contribution in [0.2, 0.25) is 0 Å². The fourth-order valence-electron chi connectivity index (χ4n) is 4.27. The molecule has 2 heterocycles. The first kappa shape index (κ1) is 24.4. The van der Waals surface area contributed by atoms with Gasteiger partial charge in [0.05, 0.1) is 35.6 Å². The molecule has 3 aromatic rings. The first-order valence-electron chi connectivity index (χ1n) is 11.6. The molecule has 7 heteroatoms.